The van der Waals surface area contributed by atoms with E-state index in [1.54, 1.807) is 6.20 Å². The van der Waals surface area contributed by atoms with Gasteiger partial charge in [-0.1, -0.05) is 25.1 Å². The van der Waals surface area contributed by atoms with E-state index < -0.39 is 6.04 Å². The number of benzene rings is 1. The smallest absolute Gasteiger partial charge is 0.281 e. The highest BCUT2D eigenvalue weighted by Crippen LogP contribution is 2.26. The standard InChI is InChI=1S/C20H24N4O2/c1-5-11-21-19(25)15(4)23-13(2)17-12-22-24(16-9-7-6-8-10-16)20(26)18(17)14(23)3/h6-10,12,15H,5,11H2,1-4H3,(H,21,25). The van der Waals surface area contributed by atoms with Crippen molar-refractivity contribution >= 4 is 16.7 Å². The first-order valence-corrected chi connectivity index (χ1v) is 8.90. The number of fused-ring (bicyclic) bond motifs is 1. The Labute approximate surface area is 152 Å². The van der Waals surface area contributed by atoms with Crippen molar-refractivity contribution in [3.8, 4) is 5.69 Å². The van der Waals surface area contributed by atoms with Crippen LogP contribution in [0.2, 0.25) is 0 Å². The van der Waals surface area contributed by atoms with E-state index in [9.17, 15) is 9.59 Å². The van der Waals surface area contributed by atoms with E-state index in [-0.39, 0.29) is 11.5 Å². The zero-order valence-electron chi connectivity index (χ0n) is 15.6. The number of aromatic nitrogens is 3. The molecule has 1 unspecified atom stereocenters. The van der Waals surface area contributed by atoms with Crippen molar-refractivity contribution in [3.05, 3.63) is 58.3 Å². The fraction of sp³-hybridized carbons (Fsp3) is 0.350. The van der Waals surface area contributed by atoms with Crippen LogP contribution in [0.3, 0.4) is 0 Å². The molecule has 0 fully saturated rings. The van der Waals surface area contributed by atoms with Crippen LogP contribution in [0.1, 0.15) is 37.7 Å². The highest BCUT2D eigenvalue weighted by Gasteiger charge is 2.23. The second kappa shape index (κ2) is 7.15. The first kappa shape index (κ1) is 17.9. The third-order valence-corrected chi connectivity index (χ3v) is 4.77. The molecule has 0 saturated carbocycles. The maximum absolute atomic E-state index is 13.1. The third-order valence-electron chi connectivity index (χ3n) is 4.77. The molecule has 2 heterocycles. The van der Waals surface area contributed by atoms with Crippen molar-refractivity contribution < 1.29 is 4.79 Å². The molecule has 1 atom stereocenters. The Morgan fingerprint density at radius 2 is 1.88 bits per heavy atom. The summed E-state index contributed by atoms with van der Waals surface area (Å²) in [6, 6.07) is 8.95. The first-order valence-electron chi connectivity index (χ1n) is 8.90. The number of hydrogen-bond acceptors (Lipinski definition) is 3. The molecule has 0 radical (unpaired) electrons. The van der Waals surface area contributed by atoms with Gasteiger partial charge in [0.05, 0.1) is 17.3 Å². The number of aryl methyl sites for hydroxylation is 2. The summed E-state index contributed by atoms with van der Waals surface area (Å²) in [7, 11) is 0. The molecule has 0 aliphatic carbocycles. The molecule has 0 bridgehead atoms. The average molecular weight is 352 g/mol. The van der Waals surface area contributed by atoms with Crippen LogP contribution in [0, 0.1) is 13.8 Å². The lowest BCUT2D eigenvalue weighted by Gasteiger charge is -2.17. The predicted octanol–water partition coefficient (Wildman–Crippen LogP) is 2.89. The maximum atomic E-state index is 13.1. The normalized spacial score (nSPS) is 12.3. The lowest BCUT2D eigenvalue weighted by molar-refractivity contribution is -0.123. The van der Waals surface area contributed by atoms with Crippen LogP contribution in [-0.4, -0.2) is 26.8 Å². The molecule has 2 aromatic heterocycles. The summed E-state index contributed by atoms with van der Waals surface area (Å²) >= 11 is 0. The van der Waals surface area contributed by atoms with Crippen molar-refractivity contribution in [1.29, 1.82) is 0 Å². The van der Waals surface area contributed by atoms with E-state index in [0.29, 0.717) is 11.9 Å². The van der Waals surface area contributed by atoms with Crippen LogP contribution in [0.25, 0.3) is 16.5 Å². The predicted molar refractivity (Wildman–Crippen MR) is 103 cm³/mol. The molecule has 136 valence electrons. The van der Waals surface area contributed by atoms with Gasteiger partial charge in [0.15, 0.2) is 0 Å². The number of carbonyl (C=O) groups is 1. The molecule has 0 aliphatic rings. The first-order chi connectivity index (χ1) is 12.5. The molecule has 6 nitrogen and oxygen atoms in total. The van der Waals surface area contributed by atoms with Crippen LogP contribution in [-0.2, 0) is 4.79 Å². The van der Waals surface area contributed by atoms with Gasteiger partial charge in [-0.25, -0.2) is 0 Å². The van der Waals surface area contributed by atoms with Gasteiger partial charge in [0.1, 0.15) is 6.04 Å². The number of carbonyl (C=O) groups excluding carboxylic acids is 1. The van der Waals surface area contributed by atoms with Gasteiger partial charge >= 0.3 is 0 Å². The van der Waals surface area contributed by atoms with Crippen molar-refractivity contribution in [2.45, 2.75) is 40.2 Å². The monoisotopic (exact) mass is 352 g/mol. The molecule has 26 heavy (non-hydrogen) atoms. The highest BCUT2D eigenvalue weighted by molar-refractivity contribution is 5.89. The van der Waals surface area contributed by atoms with Gasteiger partial charge in [-0.2, -0.15) is 9.78 Å². The Kier molecular flexibility index (Phi) is 4.93. The van der Waals surface area contributed by atoms with Gasteiger partial charge in [0.25, 0.3) is 5.56 Å². The zero-order valence-corrected chi connectivity index (χ0v) is 15.6. The molecule has 1 N–H and O–H groups in total. The van der Waals surface area contributed by atoms with Gasteiger partial charge in [0.2, 0.25) is 5.91 Å². The topological polar surface area (TPSA) is 68.9 Å². The van der Waals surface area contributed by atoms with Gasteiger partial charge in [-0.05, 0) is 39.3 Å². The lowest BCUT2D eigenvalue weighted by atomic mass is 10.2. The number of hydrogen-bond donors (Lipinski definition) is 1. The SMILES string of the molecule is CCCNC(=O)C(C)n1c(C)c2cnn(-c3ccccc3)c(=O)c2c1C. The Hall–Kier alpha value is -2.89. The molecule has 6 heteroatoms. The number of amides is 1. The molecule has 0 spiro atoms. The van der Waals surface area contributed by atoms with Crippen molar-refractivity contribution in [2.24, 2.45) is 0 Å². The molecule has 1 amide bonds. The van der Waals surface area contributed by atoms with Gasteiger partial charge in [-0.15, -0.1) is 0 Å². The van der Waals surface area contributed by atoms with Crippen LogP contribution in [0.4, 0.5) is 0 Å². The fourth-order valence-corrected chi connectivity index (χ4v) is 3.43. The van der Waals surface area contributed by atoms with Crippen LogP contribution >= 0.6 is 0 Å². The number of nitrogens with one attached hydrogen (secondary N) is 1. The second-order valence-corrected chi connectivity index (χ2v) is 6.49. The summed E-state index contributed by atoms with van der Waals surface area (Å²) in [6.07, 6.45) is 2.59. The largest absolute Gasteiger partial charge is 0.354 e. The molecule has 3 rings (SSSR count). The molecule has 3 aromatic rings. The summed E-state index contributed by atoms with van der Waals surface area (Å²) in [4.78, 5) is 25.5. The minimum absolute atomic E-state index is 0.0466. The summed E-state index contributed by atoms with van der Waals surface area (Å²) in [6.45, 7) is 8.32. The molecule has 1 aromatic carbocycles. The number of para-hydroxylation sites is 1. The van der Waals surface area contributed by atoms with E-state index in [1.807, 2.05) is 62.6 Å². The van der Waals surface area contributed by atoms with E-state index in [4.69, 9.17) is 0 Å². The molecule has 0 saturated heterocycles. The third kappa shape index (κ3) is 2.92. The van der Waals surface area contributed by atoms with Crippen molar-refractivity contribution in [2.75, 3.05) is 6.54 Å². The van der Waals surface area contributed by atoms with Crippen LogP contribution in [0.15, 0.2) is 41.3 Å². The van der Waals surface area contributed by atoms with E-state index in [0.717, 1.165) is 28.9 Å². The van der Waals surface area contributed by atoms with Gasteiger partial charge in [-0.3, -0.25) is 9.59 Å². The Morgan fingerprint density at radius 3 is 2.54 bits per heavy atom. The maximum Gasteiger partial charge on any atom is 0.281 e. The minimum atomic E-state index is -0.390. The average Bonchev–Trinajstić information content (AvgIpc) is 2.91. The summed E-state index contributed by atoms with van der Waals surface area (Å²) in [5.41, 5.74) is 2.21. The lowest BCUT2D eigenvalue weighted by Crippen LogP contribution is -2.32. The Bertz CT molecular complexity index is 1000. The molecular formula is C20H24N4O2. The van der Waals surface area contributed by atoms with Gasteiger partial charge in [0, 0.05) is 23.3 Å². The van der Waals surface area contributed by atoms with E-state index in [1.165, 1.54) is 4.68 Å². The quantitative estimate of drug-likeness (QED) is 0.768. The minimum Gasteiger partial charge on any atom is -0.354 e. The summed E-state index contributed by atoms with van der Waals surface area (Å²) in [5.74, 6) is -0.0466. The summed E-state index contributed by atoms with van der Waals surface area (Å²) in [5, 5.41) is 8.65. The highest BCUT2D eigenvalue weighted by atomic mass is 16.2. The van der Waals surface area contributed by atoms with E-state index in [2.05, 4.69) is 10.4 Å². The van der Waals surface area contributed by atoms with E-state index >= 15 is 0 Å². The Balaban J connectivity index is 2.15. The molecular weight excluding hydrogens is 328 g/mol. The van der Waals surface area contributed by atoms with Crippen molar-refractivity contribution in [3.63, 3.8) is 0 Å². The second-order valence-electron chi connectivity index (χ2n) is 6.49. The number of rotatable bonds is 5. The fourth-order valence-electron chi connectivity index (χ4n) is 3.43. The molecule has 0 aliphatic heterocycles. The van der Waals surface area contributed by atoms with Gasteiger partial charge < -0.3 is 9.88 Å². The zero-order chi connectivity index (χ0) is 18.8. The Morgan fingerprint density at radius 1 is 1.19 bits per heavy atom. The number of nitrogens with zero attached hydrogens (tertiary/aromatic N) is 3. The van der Waals surface area contributed by atoms with Crippen LogP contribution in [0.5, 0.6) is 0 Å². The van der Waals surface area contributed by atoms with Crippen molar-refractivity contribution in [1.82, 2.24) is 19.7 Å². The summed E-state index contributed by atoms with van der Waals surface area (Å²) < 4.78 is 3.33. The van der Waals surface area contributed by atoms with Crippen LogP contribution < -0.4 is 10.9 Å².